The van der Waals surface area contributed by atoms with E-state index < -0.39 is 13.8 Å². The molecule has 27 heavy (non-hydrogen) atoms. The van der Waals surface area contributed by atoms with E-state index in [1.165, 1.54) is 22.3 Å². The van der Waals surface area contributed by atoms with Crippen LogP contribution < -0.4 is 0 Å². The van der Waals surface area contributed by atoms with E-state index in [-0.39, 0.29) is 10.8 Å². The standard InChI is InChI=1S/C23H32ClO2P/c1-15-9-11-17(19(13-15)22(3,4)5)21(26-27(24)25)18-12-10-16(2)14-20(18)23(6,7)8/h9-14,21,25H,1-8H3. The molecule has 0 amide bonds. The Hall–Kier alpha value is -0.920. The molecule has 0 aliphatic carbocycles. The number of hydrogen-bond acceptors (Lipinski definition) is 2. The van der Waals surface area contributed by atoms with E-state index in [1.807, 2.05) is 0 Å². The lowest BCUT2D eigenvalue weighted by atomic mass is 9.77. The second-order valence-corrected chi connectivity index (χ2v) is 10.9. The normalized spacial score (nSPS) is 13.9. The van der Waals surface area contributed by atoms with Crippen molar-refractivity contribution in [1.29, 1.82) is 0 Å². The van der Waals surface area contributed by atoms with Crippen LogP contribution in [-0.4, -0.2) is 4.89 Å². The summed E-state index contributed by atoms with van der Waals surface area (Å²) < 4.78 is 5.96. The largest absolute Gasteiger partial charge is 0.338 e. The van der Waals surface area contributed by atoms with Gasteiger partial charge in [0, 0.05) is 0 Å². The van der Waals surface area contributed by atoms with Gasteiger partial charge in [0.05, 0.1) is 0 Å². The molecule has 148 valence electrons. The Bertz CT molecular complexity index is 738. The van der Waals surface area contributed by atoms with E-state index in [1.54, 1.807) is 0 Å². The van der Waals surface area contributed by atoms with Crippen molar-refractivity contribution in [2.75, 3.05) is 0 Å². The molecule has 0 aliphatic heterocycles. The fourth-order valence-corrected chi connectivity index (χ4v) is 4.10. The summed E-state index contributed by atoms with van der Waals surface area (Å²) in [6.07, 6.45) is -0.414. The number of halogens is 1. The molecule has 2 aromatic carbocycles. The molecule has 2 nitrogen and oxygen atoms in total. The molecule has 0 spiro atoms. The van der Waals surface area contributed by atoms with Crippen LogP contribution in [0.2, 0.25) is 0 Å². The van der Waals surface area contributed by atoms with Crippen LogP contribution in [0, 0.1) is 13.8 Å². The molecular weight excluding hydrogens is 375 g/mol. The molecule has 1 atom stereocenters. The lowest BCUT2D eigenvalue weighted by molar-refractivity contribution is 0.248. The topological polar surface area (TPSA) is 29.5 Å². The van der Waals surface area contributed by atoms with Crippen LogP contribution in [0.3, 0.4) is 0 Å². The zero-order chi connectivity index (χ0) is 20.6. The predicted octanol–water partition coefficient (Wildman–Crippen LogP) is 7.46. The smallest absolute Gasteiger partial charge is 0.274 e. The summed E-state index contributed by atoms with van der Waals surface area (Å²) in [6.45, 7) is 17.4. The highest BCUT2D eigenvalue weighted by Gasteiger charge is 2.30. The first-order valence-electron chi connectivity index (χ1n) is 9.34. The van der Waals surface area contributed by atoms with E-state index in [0.717, 1.165) is 11.1 Å². The molecule has 0 radical (unpaired) electrons. The SMILES string of the molecule is Cc1ccc(C(OP(O)Cl)c2ccc(C)cc2C(C)(C)C)c(C(C)(C)C)c1. The Kier molecular flexibility index (Phi) is 6.80. The van der Waals surface area contributed by atoms with Gasteiger partial charge in [-0.05, 0) is 58.2 Å². The van der Waals surface area contributed by atoms with Crippen LogP contribution in [-0.2, 0) is 15.4 Å². The van der Waals surface area contributed by atoms with Gasteiger partial charge < -0.3 is 9.42 Å². The molecule has 4 heteroatoms. The number of hydrogen-bond donors (Lipinski definition) is 1. The zero-order valence-electron chi connectivity index (χ0n) is 17.7. The van der Waals surface area contributed by atoms with Crippen LogP contribution in [0.15, 0.2) is 36.4 Å². The van der Waals surface area contributed by atoms with Gasteiger partial charge in [-0.25, -0.2) is 0 Å². The van der Waals surface area contributed by atoms with Crippen LogP contribution in [0.1, 0.15) is 81.0 Å². The lowest BCUT2D eigenvalue weighted by Crippen LogP contribution is -2.21. The minimum Gasteiger partial charge on any atom is -0.338 e. The van der Waals surface area contributed by atoms with Crippen molar-refractivity contribution in [2.45, 2.75) is 72.3 Å². The molecule has 0 bridgehead atoms. The monoisotopic (exact) mass is 406 g/mol. The fraction of sp³-hybridized carbons (Fsp3) is 0.478. The molecule has 0 fully saturated rings. The molecular formula is C23H32ClO2P. The third-order valence-corrected chi connectivity index (χ3v) is 5.41. The first-order valence-corrected chi connectivity index (χ1v) is 11.5. The maximum absolute atomic E-state index is 9.95. The molecule has 2 aromatic rings. The maximum atomic E-state index is 9.95. The third kappa shape index (κ3) is 5.55. The number of rotatable bonds is 4. The van der Waals surface area contributed by atoms with E-state index in [0.29, 0.717) is 0 Å². The van der Waals surface area contributed by atoms with Gasteiger partial charge in [0.25, 0.3) is 7.73 Å². The minimum atomic E-state index is -2.03. The van der Waals surface area contributed by atoms with E-state index >= 15 is 0 Å². The minimum absolute atomic E-state index is 0.0555. The van der Waals surface area contributed by atoms with Gasteiger partial charge in [0.15, 0.2) is 0 Å². The fourth-order valence-electron chi connectivity index (χ4n) is 3.46. The van der Waals surface area contributed by atoms with Crippen LogP contribution >= 0.6 is 19.0 Å². The molecule has 0 saturated carbocycles. The number of benzene rings is 2. The third-order valence-electron chi connectivity index (χ3n) is 4.79. The molecule has 1 unspecified atom stereocenters. The summed E-state index contributed by atoms with van der Waals surface area (Å²) in [5, 5.41) is 0. The highest BCUT2D eigenvalue weighted by Crippen LogP contribution is 2.48. The highest BCUT2D eigenvalue weighted by molar-refractivity contribution is 7.75. The predicted molar refractivity (Wildman–Crippen MR) is 118 cm³/mol. The summed E-state index contributed by atoms with van der Waals surface area (Å²) in [5.41, 5.74) is 6.84. The molecule has 0 aromatic heterocycles. The second kappa shape index (κ2) is 8.21. The van der Waals surface area contributed by atoms with E-state index in [2.05, 4.69) is 91.8 Å². The number of aryl methyl sites for hydroxylation is 2. The Morgan fingerprint density at radius 3 is 1.48 bits per heavy atom. The Morgan fingerprint density at radius 1 is 0.815 bits per heavy atom. The average Bonchev–Trinajstić information content (AvgIpc) is 2.51. The van der Waals surface area contributed by atoms with Crippen molar-refractivity contribution in [1.82, 2.24) is 0 Å². The van der Waals surface area contributed by atoms with Gasteiger partial charge >= 0.3 is 0 Å². The van der Waals surface area contributed by atoms with Crippen LogP contribution in [0.5, 0.6) is 0 Å². The quantitative estimate of drug-likeness (QED) is 0.534. The van der Waals surface area contributed by atoms with Gasteiger partial charge in [0.1, 0.15) is 6.10 Å². The second-order valence-electron chi connectivity index (χ2n) is 9.39. The molecule has 0 heterocycles. The highest BCUT2D eigenvalue weighted by atomic mass is 35.7. The van der Waals surface area contributed by atoms with Crippen molar-refractivity contribution in [3.8, 4) is 0 Å². The Balaban J connectivity index is 2.77. The molecule has 1 N–H and O–H groups in total. The van der Waals surface area contributed by atoms with Crippen LogP contribution in [0.25, 0.3) is 0 Å². The first-order chi connectivity index (χ1) is 12.3. The van der Waals surface area contributed by atoms with Crippen LogP contribution in [0.4, 0.5) is 0 Å². The Labute approximate surface area is 170 Å². The van der Waals surface area contributed by atoms with Gasteiger partial charge in [-0.3, -0.25) is 0 Å². The lowest BCUT2D eigenvalue weighted by Gasteiger charge is -2.32. The van der Waals surface area contributed by atoms with Crippen molar-refractivity contribution in [3.05, 3.63) is 69.8 Å². The average molecular weight is 407 g/mol. The summed E-state index contributed by atoms with van der Waals surface area (Å²) in [5.74, 6) is 0. The molecule has 2 rings (SSSR count). The van der Waals surface area contributed by atoms with Crippen molar-refractivity contribution in [3.63, 3.8) is 0 Å². The van der Waals surface area contributed by atoms with Crippen molar-refractivity contribution < 1.29 is 9.42 Å². The maximum Gasteiger partial charge on any atom is 0.274 e. The van der Waals surface area contributed by atoms with Gasteiger partial charge in [0.2, 0.25) is 0 Å². The summed E-state index contributed by atoms with van der Waals surface area (Å²) in [6, 6.07) is 12.8. The van der Waals surface area contributed by atoms with Crippen molar-refractivity contribution in [2.24, 2.45) is 0 Å². The van der Waals surface area contributed by atoms with Gasteiger partial charge in [-0.1, -0.05) is 89.1 Å². The molecule has 0 saturated heterocycles. The van der Waals surface area contributed by atoms with E-state index in [4.69, 9.17) is 15.8 Å². The summed E-state index contributed by atoms with van der Waals surface area (Å²) >= 11 is 5.97. The summed E-state index contributed by atoms with van der Waals surface area (Å²) in [4.78, 5) is 9.95. The molecule has 0 aliphatic rings. The van der Waals surface area contributed by atoms with Gasteiger partial charge in [-0.2, -0.15) is 0 Å². The Morgan fingerprint density at radius 2 is 1.19 bits per heavy atom. The zero-order valence-corrected chi connectivity index (χ0v) is 19.4. The van der Waals surface area contributed by atoms with E-state index in [9.17, 15) is 4.89 Å². The summed E-state index contributed by atoms with van der Waals surface area (Å²) in [7, 11) is -2.03. The van der Waals surface area contributed by atoms with Crippen molar-refractivity contribution >= 4 is 19.0 Å². The van der Waals surface area contributed by atoms with Gasteiger partial charge in [-0.15, -0.1) is 0 Å². The first kappa shape index (κ1) is 22.4.